The maximum Gasteiger partial charge on any atom is 0.325 e. The highest BCUT2D eigenvalue weighted by atomic mass is 16.5. The molecule has 2 N–H and O–H groups in total. The van der Waals surface area contributed by atoms with Gasteiger partial charge in [-0.25, -0.2) is 0 Å². The van der Waals surface area contributed by atoms with Crippen LogP contribution in [0, 0.1) is 0 Å². The molecule has 19 heavy (non-hydrogen) atoms. The van der Waals surface area contributed by atoms with Crippen LogP contribution in [-0.4, -0.2) is 68.2 Å². The molecule has 0 spiro atoms. The Morgan fingerprint density at radius 1 is 1.53 bits per heavy atom. The number of likely N-dealkylation sites (N-methyl/N-ethyl adjacent to an activating group) is 1. The minimum atomic E-state index is -0.856. The number of methoxy groups -OCH3 is 1. The molecule has 1 aliphatic rings. The molecule has 0 aromatic rings. The SMILES string of the molecule is COC(=O)C(C)(N)CCCN1CCCC1CN(C)C. The molecule has 0 aromatic heterocycles. The second-order valence-electron chi connectivity index (χ2n) is 6.11. The third-order valence-corrected chi connectivity index (χ3v) is 3.87. The van der Waals surface area contributed by atoms with Crippen molar-refractivity contribution in [1.29, 1.82) is 0 Å². The molecule has 0 aliphatic carbocycles. The Labute approximate surface area is 117 Å². The summed E-state index contributed by atoms with van der Waals surface area (Å²) in [5, 5.41) is 0. The van der Waals surface area contributed by atoms with Crippen molar-refractivity contribution in [3.8, 4) is 0 Å². The van der Waals surface area contributed by atoms with Crippen molar-refractivity contribution in [2.75, 3.05) is 40.8 Å². The summed E-state index contributed by atoms with van der Waals surface area (Å²) in [6.45, 7) is 5.04. The average molecular weight is 271 g/mol. The molecule has 0 amide bonds. The summed E-state index contributed by atoms with van der Waals surface area (Å²) in [7, 11) is 5.62. The van der Waals surface area contributed by atoms with E-state index in [0.29, 0.717) is 12.5 Å². The molecule has 0 saturated carbocycles. The fraction of sp³-hybridized carbons (Fsp3) is 0.929. The molecule has 1 fully saturated rings. The fourth-order valence-electron chi connectivity index (χ4n) is 2.80. The van der Waals surface area contributed by atoms with Gasteiger partial charge in [0, 0.05) is 12.6 Å². The highest BCUT2D eigenvalue weighted by Crippen LogP contribution is 2.19. The van der Waals surface area contributed by atoms with E-state index in [0.717, 1.165) is 26.1 Å². The Morgan fingerprint density at radius 2 is 2.21 bits per heavy atom. The number of rotatable bonds is 7. The van der Waals surface area contributed by atoms with Gasteiger partial charge in [0.1, 0.15) is 5.54 Å². The highest BCUT2D eigenvalue weighted by molar-refractivity contribution is 5.79. The summed E-state index contributed by atoms with van der Waals surface area (Å²) in [4.78, 5) is 16.3. The van der Waals surface area contributed by atoms with Crippen molar-refractivity contribution >= 4 is 5.97 Å². The number of nitrogens with zero attached hydrogens (tertiary/aromatic N) is 2. The maximum absolute atomic E-state index is 11.5. The number of hydrogen-bond donors (Lipinski definition) is 1. The van der Waals surface area contributed by atoms with E-state index in [-0.39, 0.29) is 5.97 Å². The summed E-state index contributed by atoms with van der Waals surface area (Å²) in [5.41, 5.74) is 5.11. The molecular formula is C14H29N3O2. The van der Waals surface area contributed by atoms with Crippen LogP contribution < -0.4 is 5.73 Å². The first-order valence-electron chi connectivity index (χ1n) is 7.13. The van der Waals surface area contributed by atoms with Crippen LogP contribution in [0.25, 0.3) is 0 Å². The molecular weight excluding hydrogens is 242 g/mol. The lowest BCUT2D eigenvalue weighted by atomic mass is 9.97. The van der Waals surface area contributed by atoms with E-state index in [1.165, 1.54) is 20.0 Å². The zero-order valence-electron chi connectivity index (χ0n) is 12.8. The molecule has 112 valence electrons. The zero-order chi connectivity index (χ0) is 14.5. The van der Waals surface area contributed by atoms with Gasteiger partial charge in [0.25, 0.3) is 0 Å². The van der Waals surface area contributed by atoms with Gasteiger partial charge in [-0.15, -0.1) is 0 Å². The third-order valence-electron chi connectivity index (χ3n) is 3.87. The van der Waals surface area contributed by atoms with Crippen LogP contribution in [0.5, 0.6) is 0 Å². The lowest BCUT2D eigenvalue weighted by Crippen LogP contribution is -2.46. The fourth-order valence-corrected chi connectivity index (χ4v) is 2.80. The van der Waals surface area contributed by atoms with Gasteiger partial charge in [0.05, 0.1) is 7.11 Å². The van der Waals surface area contributed by atoms with Gasteiger partial charge in [-0.1, -0.05) is 0 Å². The summed E-state index contributed by atoms with van der Waals surface area (Å²) in [5.74, 6) is -0.321. The highest BCUT2D eigenvalue weighted by Gasteiger charge is 2.30. The van der Waals surface area contributed by atoms with E-state index in [1.54, 1.807) is 6.92 Å². The summed E-state index contributed by atoms with van der Waals surface area (Å²) in [6, 6.07) is 0.650. The molecule has 0 aromatic carbocycles. The topological polar surface area (TPSA) is 58.8 Å². The number of esters is 1. The largest absolute Gasteiger partial charge is 0.468 e. The van der Waals surface area contributed by atoms with Crippen LogP contribution in [0.4, 0.5) is 0 Å². The molecule has 5 heteroatoms. The Morgan fingerprint density at radius 3 is 2.79 bits per heavy atom. The smallest absolute Gasteiger partial charge is 0.325 e. The number of hydrogen-bond acceptors (Lipinski definition) is 5. The van der Waals surface area contributed by atoms with Crippen molar-refractivity contribution in [2.24, 2.45) is 5.73 Å². The minimum absolute atomic E-state index is 0.321. The number of carbonyl (C=O) groups excluding carboxylic acids is 1. The molecule has 0 radical (unpaired) electrons. The first-order valence-corrected chi connectivity index (χ1v) is 7.13. The second-order valence-corrected chi connectivity index (χ2v) is 6.11. The molecule has 1 aliphatic heterocycles. The van der Waals surface area contributed by atoms with Crippen LogP contribution in [0.3, 0.4) is 0 Å². The quantitative estimate of drug-likeness (QED) is 0.690. The van der Waals surface area contributed by atoms with E-state index in [1.807, 2.05) is 0 Å². The summed E-state index contributed by atoms with van der Waals surface area (Å²) in [6.07, 6.45) is 4.15. The van der Waals surface area contributed by atoms with Gasteiger partial charge in [-0.2, -0.15) is 0 Å². The molecule has 2 atom stereocenters. The van der Waals surface area contributed by atoms with E-state index in [2.05, 4.69) is 23.9 Å². The van der Waals surface area contributed by atoms with Crippen LogP contribution in [0.15, 0.2) is 0 Å². The Bertz CT molecular complexity index is 292. The molecule has 2 unspecified atom stereocenters. The van der Waals surface area contributed by atoms with Gasteiger partial charge in [0.15, 0.2) is 0 Å². The van der Waals surface area contributed by atoms with Gasteiger partial charge in [-0.3, -0.25) is 9.69 Å². The second kappa shape index (κ2) is 7.22. The first-order chi connectivity index (χ1) is 8.86. The predicted octanol–water partition coefficient (Wildman–Crippen LogP) is 0.683. The van der Waals surface area contributed by atoms with Crippen LogP contribution >= 0.6 is 0 Å². The van der Waals surface area contributed by atoms with Gasteiger partial charge >= 0.3 is 5.97 Å². The molecule has 1 heterocycles. The lowest BCUT2D eigenvalue weighted by molar-refractivity contribution is -0.146. The van der Waals surface area contributed by atoms with Gasteiger partial charge in [0.2, 0.25) is 0 Å². The first kappa shape index (κ1) is 16.4. The van der Waals surface area contributed by atoms with E-state index in [4.69, 9.17) is 10.5 Å². The van der Waals surface area contributed by atoms with Crippen molar-refractivity contribution < 1.29 is 9.53 Å². The Kier molecular flexibility index (Phi) is 6.23. The lowest BCUT2D eigenvalue weighted by Gasteiger charge is -2.28. The Hall–Kier alpha value is -0.650. The third kappa shape index (κ3) is 5.09. The molecule has 0 bridgehead atoms. The number of carbonyl (C=O) groups is 1. The predicted molar refractivity (Wildman–Crippen MR) is 77.0 cm³/mol. The molecule has 5 nitrogen and oxygen atoms in total. The van der Waals surface area contributed by atoms with E-state index in [9.17, 15) is 4.79 Å². The number of ether oxygens (including phenoxy) is 1. The Balaban J connectivity index is 2.34. The summed E-state index contributed by atoms with van der Waals surface area (Å²) < 4.78 is 4.73. The van der Waals surface area contributed by atoms with Crippen molar-refractivity contribution in [3.05, 3.63) is 0 Å². The van der Waals surface area contributed by atoms with Crippen molar-refractivity contribution in [3.63, 3.8) is 0 Å². The molecule has 1 rings (SSSR count). The van der Waals surface area contributed by atoms with Crippen LogP contribution in [0.1, 0.15) is 32.6 Å². The van der Waals surface area contributed by atoms with Gasteiger partial charge < -0.3 is 15.4 Å². The number of nitrogens with two attached hydrogens (primary N) is 1. The monoisotopic (exact) mass is 271 g/mol. The van der Waals surface area contributed by atoms with Gasteiger partial charge in [-0.05, 0) is 59.8 Å². The standard InChI is InChI=1S/C14H29N3O2/c1-14(15,13(18)19-4)8-6-10-17-9-5-7-12(17)11-16(2)3/h12H,5-11,15H2,1-4H3. The van der Waals surface area contributed by atoms with E-state index >= 15 is 0 Å². The van der Waals surface area contributed by atoms with Crippen LogP contribution in [-0.2, 0) is 9.53 Å². The zero-order valence-corrected chi connectivity index (χ0v) is 12.8. The van der Waals surface area contributed by atoms with Crippen LogP contribution in [0.2, 0.25) is 0 Å². The van der Waals surface area contributed by atoms with E-state index < -0.39 is 5.54 Å². The molecule has 1 saturated heterocycles. The van der Waals surface area contributed by atoms with Crippen molar-refractivity contribution in [2.45, 2.75) is 44.2 Å². The summed E-state index contributed by atoms with van der Waals surface area (Å²) >= 11 is 0. The minimum Gasteiger partial charge on any atom is -0.468 e. The maximum atomic E-state index is 11.5. The average Bonchev–Trinajstić information content (AvgIpc) is 2.74. The van der Waals surface area contributed by atoms with Crippen molar-refractivity contribution in [1.82, 2.24) is 9.80 Å². The normalized spacial score (nSPS) is 23.6. The number of likely N-dealkylation sites (tertiary alicyclic amines) is 1.